The molecule has 1 atom stereocenters. The molecule has 1 saturated carbocycles. The van der Waals surface area contributed by atoms with Crippen LogP contribution in [0.2, 0.25) is 0 Å². The molecule has 178 valence electrons. The van der Waals surface area contributed by atoms with Crippen LogP contribution in [-0.2, 0) is 11.0 Å². The lowest BCUT2D eigenvalue weighted by atomic mass is 9.95. The highest BCUT2D eigenvalue weighted by molar-refractivity contribution is 5.87. The van der Waals surface area contributed by atoms with Crippen molar-refractivity contribution in [3.05, 3.63) is 23.9 Å². The second kappa shape index (κ2) is 10.4. The second-order valence-corrected chi connectivity index (χ2v) is 8.86. The number of hydrogen-bond acceptors (Lipinski definition) is 4. The minimum Gasteiger partial charge on any atom is -0.353 e. The summed E-state index contributed by atoms with van der Waals surface area (Å²) < 4.78 is 39.9. The Kier molecular flexibility index (Phi) is 7.84. The number of piperazine rings is 1. The van der Waals surface area contributed by atoms with Crippen LogP contribution in [-0.4, -0.2) is 60.1 Å². The highest BCUT2D eigenvalue weighted by Crippen LogP contribution is 2.35. The van der Waals surface area contributed by atoms with Gasteiger partial charge < -0.3 is 20.4 Å². The van der Waals surface area contributed by atoms with E-state index in [1.807, 2.05) is 13.8 Å². The molecule has 1 aliphatic carbocycles. The largest absolute Gasteiger partial charge is 0.419 e. The summed E-state index contributed by atoms with van der Waals surface area (Å²) in [7, 11) is 0. The van der Waals surface area contributed by atoms with Gasteiger partial charge in [0.15, 0.2) is 0 Å². The van der Waals surface area contributed by atoms with Crippen LogP contribution in [0.5, 0.6) is 0 Å². The zero-order valence-corrected chi connectivity index (χ0v) is 18.6. The van der Waals surface area contributed by atoms with Gasteiger partial charge in [0.05, 0.1) is 5.56 Å². The molecule has 10 heteroatoms. The molecule has 3 rings (SSSR count). The Morgan fingerprint density at radius 1 is 1.09 bits per heavy atom. The average Bonchev–Trinajstić information content (AvgIpc) is 2.77. The van der Waals surface area contributed by atoms with Crippen molar-refractivity contribution in [3.63, 3.8) is 0 Å². The number of rotatable bonds is 5. The quantitative estimate of drug-likeness (QED) is 0.714. The Morgan fingerprint density at radius 2 is 1.75 bits per heavy atom. The minimum absolute atomic E-state index is 0.113. The van der Waals surface area contributed by atoms with E-state index in [4.69, 9.17) is 0 Å². The van der Waals surface area contributed by atoms with E-state index in [0.29, 0.717) is 0 Å². The van der Waals surface area contributed by atoms with Gasteiger partial charge in [0.1, 0.15) is 11.9 Å². The van der Waals surface area contributed by atoms with E-state index in [9.17, 15) is 22.8 Å². The molecule has 2 heterocycles. The van der Waals surface area contributed by atoms with Crippen LogP contribution in [0.4, 0.5) is 23.8 Å². The van der Waals surface area contributed by atoms with Gasteiger partial charge in [-0.1, -0.05) is 33.1 Å². The molecule has 1 aromatic rings. The molecule has 32 heavy (non-hydrogen) atoms. The number of carbonyl (C=O) groups is 2. The number of halogens is 3. The molecule has 1 aliphatic heterocycles. The SMILES string of the molecule is CC(C)C(NC(=O)NC1CCCCC1)C(=O)N1CCN(c2ncccc2C(F)(F)F)CC1. The normalized spacial score (nSPS) is 19.1. The number of alkyl halides is 3. The molecule has 1 aromatic heterocycles. The van der Waals surface area contributed by atoms with Gasteiger partial charge in [-0.15, -0.1) is 0 Å². The summed E-state index contributed by atoms with van der Waals surface area (Å²) in [5.41, 5.74) is -0.777. The van der Waals surface area contributed by atoms with E-state index in [0.717, 1.165) is 31.7 Å². The summed E-state index contributed by atoms with van der Waals surface area (Å²) in [6.07, 6.45) is 2.11. The molecule has 2 N–H and O–H groups in total. The molecule has 3 amide bonds. The highest BCUT2D eigenvalue weighted by Gasteiger charge is 2.37. The summed E-state index contributed by atoms with van der Waals surface area (Å²) in [6.45, 7) is 4.74. The maximum atomic E-state index is 13.3. The minimum atomic E-state index is -4.49. The van der Waals surface area contributed by atoms with Gasteiger partial charge in [0.25, 0.3) is 0 Å². The highest BCUT2D eigenvalue weighted by atomic mass is 19.4. The van der Waals surface area contributed by atoms with Crippen LogP contribution < -0.4 is 15.5 Å². The molecule has 2 fully saturated rings. The third kappa shape index (κ3) is 6.04. The summed E-state index contributed by atoms with van der Waals surface area (Å²) in [5, 5.41) is 5.78. The van der Waals surface area contributed by atoms with Crippen molar-refractivity contribution in [3.8, 4) is 0 Å². The summed E-state index contributed by atoms with van der Waals surface area (Å²) in [4.78, 5) is 32.7. The van der Waals surface area contributed by atoms with E-state index < -0.39 is 17.8 Å². The number of nitrogens with zero attached hydrogens (tertiary/aromatic N) is 3. The number of amides is 3. The first-order valence-corrected chi connectivity index (χ1v) is 11.3. The van der Waals surface area contributed by atoms with Gasteiger partial charge in [0.2, 0.25) is 5.91 Å². The first-order chi connectivity index (χ1) is 15.2. The predicted octanol–water partition coefficient (Wildman–Crippen LogP) is 3.41. The van der Waals surface area contributed by atoms with Crippen LogP contribution >= 0.6 is 0 Å². The van der Waals surface area contributed by atoms with Crippen LogP contribution in [0.3, 0.4) is 0 Å². The number of nitrogens with one attached hydrogen (secondary N) is 2. The van der Waals surface area contributed by atoms with Crippen molar-refractivity contribution in [2.45, 2.75) is 64.2 Å². The fourth-order valence-electron chi connectivity index (χ4n) is 4.33. The third-order valence-corrected chi connectivity index (χ3v) is 6.14. The number of hydrogen-bond donors (Lipinski definition) is 2. The predicted molar refractivity (Wildman–Crippen MR) is 115 cm³/mol. The van der Waals surface area contributed by atoms with Crippen LogP contribution in [0, 0.1) is 5.92 Å². The lowest BCUT2D eigenvalue weighted by molar-refractivity contribution is -0.138. The number of pyridine rings is 1. The number of urea groups is 1. The number of carbonyl (C=O) groups excluding carboxylic acids is 2. The smallest absolute Gasteiger partial charge is 0.353 e. The molecule has 0 bridgehead atoms. The molecule has 1 saturated heterocycles. The number of aromatic nitrogens is 1. The lowest BCUT2D eigenvalue weighted by Gasteiger charge is -2.38. The lowest BCUT2D eigenvalue weighted by Crippen LogP contribution is -2.58. The van der Waals surface area contributed by atoms with Crippen molar-refractivity contribution < 1.29 is 22.8 Å². The van der Waals surface area contributed by atoms with E-state index in [1.54, 1.807) is 9.80 Å². The van der Waals surface area contributed by atoms with E-state index in [-0.39, 0.29) is 55.9 Å². The standard InChI is InChI=1S/C22H32F3N5O2/c1-15(2)18(28-21(32)27-16-7-4-3-5-8-16)20(31)30-13-11-29(12-14-30)19-17(22(23,24)25)9-6-10-26-19/h6,9-10,15-16,18H,3-5,7-8,11-14H2,1-2H3,(H2,27,28,32). The van der Waals surface area contributed by atoms with Crippen LogP contribution in [0.25, 0.3) is 0 Å². The molecule has 0 radical (unpaired) electrons. The van der Waals surface area contributed by atoms with E-state index in [2.05, 4.69) is 15.6 Å². The zero-order valence-electron chi connectivity index (χ0n) is 18.6. The molecule has 0 aromatic carbocycles. The van der Waals surface area contributed by atoms with Crippen molar-refractivity contribution in [2.75, 3.05) is 31.1 Å². The van der Waals surface area contributed by atoms with Crippen molar-refractivity contribution in [1.82, 2.24) is 20.5 Å². The summed E-state index contributed by atoms with van der Waals surface area (Å²) in [5.74, 6) is -0.446. The van der Waals surface area contributed by atoms with Gasteiger partial charge >= 0.3 is 12.2 Å². The van der Waals surface area contributed by atoms with Crippen molar-refractivity contribution in [1.29, 1.82) is 0 Å². The maximum absolute atomic E-state index is 13.3. The van der Waals surface area contributed by atoms with Crippen molar-refractivity contribution >= 4 is 17.8 Å². The van der Waals surface area contributed by atoms with Gasteiger partial charge in [-0.05, 0) is 30.9 Å². The molecule has 7 nitrogen and oxygen atoms in total. The fraction of sp³-hybridized carbons (Fsp3) is 0.682. The summed E-state index contributed by atoms with van der Waals surface area (Å²) in [6, 6.07) is 1.39. The van der Waals surface area contributed by atoms with Gasteiger partial charge in [0, 0.05) is 38.4 Å². The molecule has 0 spiro atoms. The Morgan fingerprint density at radius 3 is 2.34 bits per heavy atom. The topological polar surface area (TPSA) is 77.6 Å². The average molecular weight is 456 g/mol. The summed E-state index contributed by atoms with van der Waals surface area (Å²) >= 11 is 0. The maximum Gasteiger partial charge on any atom is 0.419 e. The second-order valence-electron chi connectivity index (χ2n) is 8.86. The van der Waals surface area contributed by atoms with Gasteiger partial charge in [-0.25, -0.2) is 9.78 Å². The Balaban J connectivity index is 1.58. The Labute approximate surface area is 186 Å². The molecular weight excluding hydrogens is 423 g/mol. The Bertz CT molecular complexity index is 788. The monoisotopic (exact) mass is 455 g/mol. The van der Waals surface area contributed by atoms with Gasteiger partial charge in [-0.2, -0.15) is 13.2 Å². The first-order valence-electron chi connectivity index (χ1n) is 11.3. The molecular formula is C22H32F3N5O2. The van der Waals surface area contributed by atoms with E-state index in [1.165, 1.54) is 18.7 Å². The molecule has 1 unspecified atom stereocenters. The van der Waals surface area contributed by atoms with Crippen molar-refractivity contribution in [2.24, 2.45) is 5.92 Å². The number of anilines is 1. The third-order valence-electron chi connectivity index (χ3n) is 6.14. The van der Waals surface area contributed by atoms with E-state index >= 15 is 0 Å². The van der Waals surface area contributed by atoms with Crippen LogP contribution in [0.1, 0.15) is 51.5 Å². The molecule has 2 aliphatic rings. The zero-order chi connectivity index (χ0) is 23.3. The van der Waals surface area contributed by atoms with Crippen LogP contribution in [0.15, 0.2) is 18.3 Å². The van der Waals surface area contributed by atoms with Gasteiger partial charge in [-0.3, -0.25) is 4.79 Å². The Hall–Kier alpha value is -2.52. The fourth-order valence-corrected chi connectivity index (χ4v) is 4.33. The first kappa shape index (κ1) is 24.1.